The molecule has 0 aliphatic carbocycles. The molecule has 2 amide bonds. The van der Waals surface area contributed by atoms with Gasteiger partial charge in [-0.25, -0.2) is 0 Å². The molecule has 2 N–H and O–H groups in total. The van der Waals surface area contributed by atoms with E-state index >= 15 is 0 Å². The van der Waals surface area contributed by atoms with E-state index in [9.17, 15) is 9.59 Å². The van der Waals surface area contributed by atoms with Gasteiger partial charge in [-0.05, 0) is 31.4 Å². The normalized spacial score (nSPS) is 24.5. The first kappa shape index (κ1) is 14.7. The van der Waals surface area contributed by atoms with Gasteiger partial charge < -0.3 is 10.6 Å². The van der Waals surface area contributed by atoms with E-state index < -0.39 is 0 Å². The fraction of sp³-hybridized carbons (Fsp3) is 0.273. The minimum absolute atomic E-state index is 0.163. The molecule has 0 spiro atoms. The molecule has 2 aliphatic rings. The average molecular weight is 330 g/mol. The fourth-order valence-corrected chi connectivity index (χ4v) is 3.87. The van der Waals surface area contributed by atoms with Crippen molar-refractivity contribution >= 4 is 68.4 Å². The van der Waals surface area contributed by atoms with E-state index in [2.05, 4.69) is 10.6 Å². The predicted octanol–water partition coefficient (Wildman–Crippen LogP) is 2.22. The Kier molecular flexibility index (Phi) is 4.44. The zero-order valence-corrected chi connectivity index (χ0v) is 13.4. The van der Waals surface area contributed by atoms with Crippen LogP contribution in [-0.2, 0) is 9.59 Å². The Morgan fingerprint density at radius 3 is 1.58 bits per heavy atom. The summed E-state index contributed by atoms with van der Waals surface area (Å²) in [4.78, 5) is 24.5. The van der Waals surface area contributed by atoms with Gasteiger partial charge in [0.1, 0.15) is 8.64 Å². The number of nitrogens with one attached hydrogen (secondary N) is 2. The lowest BCUT2D eigenvalue weighted by molar-refractivity contribution is -0.116. The Morgan fingerprint density at radius 2 is 1.32 bits per heavy atom. The Bertz CT molecular complexity index is 527. The summed E-state index contributed by atoms with van der Waals surface area (Å²) in [7, 11) is 0. The summed E-state index contributed by atoms with van der Waals surface area (Å²) in [5, 5.41) is 5.17. The van der Waals surface area contributed by atoms with Crippen LogP contribution in [0.3, 0.4) is 0 Å². The summed E-state index contributed by atoms with van der Waals surface area (Å²) in [6.45, 7) is 3.74. The summed E-state index contributed by atoms with van der Waals surface area (Å²) in [6, 6.07) is 0. The summed E-state index contributed by atoms with van der Waals surface area (Å²) >= 11 is 12.4. The molecule has 4 nitrogen and oxygen atoms in total. The van der Waals surface area contributed by atoms with Crippen LogP contribution in [0.15, 0.2) is 21.0 Å². The van der Waals surface area contributed by atoms with Gasteiger partial charge >= 0.3 is 0 Å². The van der Waals surface area contributed by atoms with Gasteiger partial charge in [0.2, 0.25) is 0 Å². The van der Waals surface area contributed by atoms with Gasteiger partial charge in [0.15, 0.2) is 0 Å². The molecule has 0 bridgehead atoms. The molecule has 2 saturated heterocycles. The zero-order valence-electron chi connectivity index (χ0n) is 10.2. The van der Waals surface area contributed by atoms with Crippen molar-refractivity contribution in [2.45, 2.75) is 20.3 Å². The van der Waals surface area contributed by atoms with Crippen molar-refractivity contribution < 1.29 is 9.59 Å². The monoisotopic (exact) mass is 330 g/mol. The highest BCUT2D eigenvalue weighted by atomic mass is 32.2. The lowest BCUT2D eigenvalue weighted by Crippen LogP contribution is -2.18. The second-order valence-corrected chi connectivity index (χ2v) is 7.46. The van der Waals surface area contributed by atoms with Crippen LogP contribution in [0.1, 0.15) is 20.3 Å². The Balaban J connectivity index is 2.22. The molecule has 0 radical (unpaired) electrons. The zero-order chi connectivity index (χ0) is 14.2. The van der Waals surface area contributed by atoms with Crippen molar-refractivity contribution in [1.82, 2.24) is 10.6 Å². The smallest absolute Gasteiger partial charge is 0.263 e. The first-order valence-corrected chi connectivity index (χ1v) is 7.79. The highest BCUT2D eigenvalue weighted by molar-refractivity contribution is 8.27. The van der Waals surface area contributed by atoms with Crippen molar-refractivity contribution in [3.63, 3.8) is 0 Å². The van der Waals surface area contributed by atoms with E-state index in [-0.39, 0.29) is 11.8 Å². The number of carbonyl (C=O) groups is 2. The number of hydrogen-bond donors (Lipinski definition) is 2. The van der Waals surface area contributed by atoms with Gasteiger partial charge in [-0.15, -0.1) is 0 Å². The molecule has 0 saturated carbocycles. The lowest BCUT2D eigenvalue weighted by atomic mass is 10.1. The quantitative estimate of drug-likeness (QED) is 0.598. The predicted molar refractivity (Wildman–Crippen MR) is 86.7 cm³/mol. The molecule has 0 aromatic heterocycles. The molecule has 0 atom stereocenters. The van der Waals surface area contributed by atoms with E-state index in [1.54, 1.807) is 0 Å². The third-order valence-electron chi connectivity index (χ3n) is 2.54. The van der Waals surface area contributed by atoms with Gasteiger partial charge in [0.05, 0.1) is 9.81 Å². The van der Waals surface area contributed by atoms with Crippen LogP contribution in [0.4, 0.5) is 0 Å². The SMILES string of the molecule is CC(CC(C)=C1SC(=S)NC1=O)=C1SC(=S)NC1=O. The van der Waals surface area contributed by atoms with Gasteiger partial charge in [0.25, 0.3) is 11.8 Å². The van der Waals surface area contributed by atoms with Crippen molar-refractivity contribution in [1.29, 1.82) is 0 Å². The maximum atomic E-state index is 11.6. The highest BCUT2D eigenvalue weighted by Gasteiger charge is 2.27. The molecular weight excluding hydrogens is 320 g/mol. The number of allylic oxidation sites excluding steroid dienone is 2. The number of carbonyl (C=O) groups excluding carboxylic acids is 2. The topological polar surface area (TPSA) is 58.2 Å². The summed E-state index contributed by atoms with van der Waals surface area (Å²) < 4.78 is 0.942. The van der Waals surface area contributed by atoms with E-state index in [4.69, 9.17) is 24.4 Å². The van der Waals surface area contributed by atoms with Crippen LogP contribution >= 0.6 is 48.0 Å². The maximum absolute atomic E-state index is 11.6. The molecule has 2 heterocycles. The third kappa shape index (κ3) is 3.25. The maximum Gasteiger partial charge on any atom is 0.263 e. The van der Waals surface area contributed by atoms with E-state index in [0.29, 0.717) is 24.9 Å². The van der Waals surface area contributed by atoms with Crippen molar-refractivity contribution in [3.05, 3.63) is 21.0 Å². The largest absolute Gasteiger partial charge is 0.307 e. The summed E-state index contributed by atoms with van der Waals surface area (Å²) in [6.07, 6.45) is 0.552. The molecule has 0 unspecified atom stereocenters. The molecule has 0 aromatic rings. The van der Waals surface area contributed by atoms with Gasteiger partial charge in [-0.1, -0.05) is 48.0 Å². The first-order valence-electron chi connectivity index (χ1n) is 5.34. The standard InChI is InChI=1S/C11H10N2O2S4/c1-4(6-8(14)12-10(16)18-6)3-5(2)7-9(15)13-11(17)19-7/h3H2,1-2H3,(H,12,14,16)(H,13,15,17). The minimum atomic E-state index is -0.163. The van der Waals surface area contributed by atoms with E-state index in [0.717, 1.165) is 11.1 Å². The molecular formula is C11H10N2O2S4. The third-order valence-corrected chi connectivity index (χ3v) is 5.29. The Labute approximate surface area is 129 Å². The second-order valence-electron chi connectivity index (χ2n) is 4.08. The average Bonchev–Trinajstić information content (AvgIpc) is 2.81. The Hall–Kier alpha value is -0.700. The first-order chi connectivity index (χ1) is 8.88. The van der Waals surface area contributed by atoms with E-state index in [1.165, 1.54) is 23.5 Å². The molecule has 19 heavy (non-hydrogen) atoms. The van der Waals surface area contributed by atoms with Crippen LogP contribution in [0.2, 0.25) is 0 Å². The Morgan fingerprint density at radius 1 is 0.947 bits per heavy atom. The molecule has 0 aromatic carbocycles. The van der Waals surface area contributed by atoms with Crippen LogP contribution < -0.4 is 10.6 Å². The minimum Gasteiger partial charge on any atom is -0.307 e. The summed E-state index contributed by atoms with van der Waals surface area (Å²) in [5.41, 5.74) is 1.80. The number of amides is 2. The van der Waals surface area contributed by atoms with Gasteiger partial charge in [0, 0.05) is 0 Å². The molecule has 2 fully saturated rings. The number of hydrogen-bond acceptors (Lipinski definition) is 6. The van der Waals surface area contributed by atoms with Crippen LogP contribution in [-0.4, -0.2) is 20.5 Å². The van der Waals surface area contributed by atoms with Crippen LogP contribution in [0.5, 0.6) is 0 Å². The van der Waals surface area contributed by atoms with Gasteiger partial charge in [-0.2, -0.15) is 0 Å². The highest BCUT2D eigenvalue weighted by Crippen LogP contribution is 2.33. The van der Waals surface area contributed by atoms with E-state index in [1.807, 2.05) is 13.8 Å². The molecule has 2 aliphatic heterocycles. The van der Waals surface area contributed by atoms with Crippen LogP contribution in [0, 0.1) is 0 Å². The van der Waals surface area contributed by atoms with Crippen molar-refractivity contribution in [2.24, 2.45) is 0 Å². The number of thiocarbonyl (C=S) groups is 2. The lowest BCUT2D eigenvalue weighted by Gasteiger charge is -2.06. The number of rotatable bonds is 2. The molecule has 100 valence electrons. The van der Waals surface area contributed by atoms with Gasteiger partial charge in [-0.3, -0.25) is 9.59 Å². The second kappa shape index (κ2) is 5.74. The van der Waals surface area contributed by atoms with Crippen molar-refractivity contribution in [2.75, 3.05) is 0 Å². The number of thioether (sulfide) groups is 2. The fourth-order valence-electron chi connectivity index (χ4n) is 1.75. The molecule has 8 heteroatoms. The van der Waals surface area contributed by atoms with Crippen LogP contribution in [0.25, 0.3) is 0 Å². The summed E-state index contributed by atoms with van der Waals surface area (Å²) in [5.74, 6) is -0.325. The van der Waals surface area contributed by atoms with Crippen molar-refractivity contribution in [3.8, 4) is 0 Å². The molecule has 2 rings (SSSR count).